The van der Waals surface area contributed by atoms with Gasteiger partial charge in [-0.3, -0.25) is 0 Å². The van der Waals surface area contributed by atoms with E-state index in [9.17, 15) is 5.26 Å². The highest BCUT2D eigenvalue weighted by atomic mass is 16.5. The van der Waals surface area contributed by atoms with Crippen LogP contribution in [0.4, 0.5) is 0 Å². The lowest BCUT2D eigenvalue weighted by Crippen LogP contribution is -2.43. The van der Waals surface area contributed by atoms with Crippen LogP contribution >= 0.6 is 0 Å². The lowest BCUT2D eigenvalue weighted by molar-refractivity contribution is 0.177. The van der Waals surface area contributed by atoms with E-state index in [1.54, 1.807) is 35.5 Å². The Morgan fingerprint density at radius 3 is 2.18 bits per heavy atom. The number of methoxy groups -OCH3 is 5. The molecular formula is C27H32N2O5. The molecule has 2 atom stereocenters. The third kappa shape index (κ3) is 3.98. The van der Waals surface area contributed by atoms with Crippen LogP contribution in [0.5, 0.6) is 28.7 Å². The van der Waals surface area contributed by atoms with Crippen molar-refractivity contribution in [1.29, 1.82) is 5.26 Å². The van der Waals surface area contributed by atoms with E-state index < -0.39 is 0 Å². The molecule has 0 bridgehead atoms. The molecule has 180 valence electrons. The van der Waals surface area contributed by atoms with Gasteiger partial charge in [0.15, 0.2) is 23.0 Å². The van der Waals surface area contributed by atoms with Crippen LogP contribution in [-0.2, 0) is 0 Å². The number of fused-ring (bicyclic) bond motifs is 1. The first-order chi connectivity index (χ1) is 16.6. The summed E-state index contributed by atoms with van der Waals surface area (Å²) in [6.45, 7) is 0.889. The number of hydrogen-bond acceptors (Lipinski definition) is 7. The average Bonchev–Trinajstić information content (AvgIpc) is 2.90. The monoisotopic (exact) mass is 464 g/mol. The van der Waals surface area contributed by atoms with Crippen LogP contribution in [0.3, 0.4) is 0 Å². The molecule has 34 heavy (non-hydrogen) atoms. The van der Waals surface area contributed by atoms with Crippen LogP contribution in [0, 0.1) is 11.3 Å². The number of piperidine rings is 1. The van der Waals surface area contributed by atoms with Gasteiger partial charge in [-0.05, 0) is 49.4 Å². The normalized spacial score (nSPS) is 19.7. The van der Waals surface area contributed by atoms with Crippen molar-refractivity contribution in [2.75, 3.05) is 42.1 Å². The molecule has 0 unspecified atom stereocenters. The van der Waals surface area contributed by atoms with Crippen molar-refractivity contribution in [2.45, 2.75) is 37.6 Å². The molecule has 0 radical (unpaired) electrons. The summed E-state index contributed by atoms with van der Waals surface area (Å²) < 4.78 is 28.1. The van der Waals surface area contributed by atoms with E-state index in [0.717, 1.165) is 42.5 Å². The number of allylic oxidation sites excluding steroid dienone is 2. The fraction of sp³-hybridized carbons (Fsp3) is 0.444. The first-order valence-electron chi connectivity index (χ1n) is 11.5. The van der Waals surface area contributed by atoms with E-state index in [0.29, 0.717) is 40.5 Å². The summed E-state index contributed by atoms with van der Waals surface area (Å²) in [6, 6.07) is 12.6. The van der Waals surface area contributed by atoms with E-state index in [2.05, 4.69) is 11.0 Å². The molecule has 0 spiro atoms. The highest BCUT2D eigenvalue weighted by Gasteiger charge is 2.39. The minimum absolute atomic E-state index is 0.0677. The number of benzene rings is 2. The molecule has 4 rings (SSSR count). The molecule has 2 heterocycles. The lowest BCUT2D eigenvalue weighted by atomic mass is 9.75. The van der Waals surface area contributed by atoms with Crippen molar-refractivity contribution in [3.63, 3.8) is 0 Å². The van der Waals surface area contributed by atoms with Gasteiger partial charge in [0.25, 0.3) is 0 Å². The van der Waals surface area contributed by atoms with Gasteiger partial charge < -0.3 is 28.6 Å². The maximum atomic E-state index is 10.4. The quantitative estimate of drug-likeness (QED) is 0.570. The molecule has 1 fully saturated rings. The summed E-state index contributed by atoms with van der Waals surface area (Å²) in [7, 11) is 8.10. The minimum atomic E-state index is -0.0677. The van der Waals surface area contributed by atoms with Gasteiger partial charge in [-0.15, -0.1) is 0 Å². The molecule has 2 aliphatic heterocycles. The van der Waals surface area contributed by atoms with Crippen LogP contribution < -0.4 is 23.7 Å². The number of rotatable bonds is 7. The zero-order valence-corrected chi connectivity index (χ0v) is 20.5. The van der Waals surface area contributed by atoms with Gasteiger partial charge >= 0.3 is 0 Å². The van der Waals surface area contributed by atoms with Crippen molar-refractivity contribution in [1.82, 2.24) is 4.90 Å². The van der Waals surface area contributed by atoms with Gasteiger partial charge in [-0.2, -0.15) is 5.26 Å². The summed E-state index contributed by atoms with van der Waals surface area (Å²) in [5.74, 6) is 3.00. The van der Waals surface area contributed by atoms with E-state index >= 15 is 0 Å². The summed E-state index contributed by atoms with van der Waals surface area (Å²) in [4.78, 5) is 2.29. The fourth-order valence-corrected chi connectivity index (χ4v) is 5.40. The zero-order chi connectivity index (χ0) is 24.2. The smallest absolute Gasteiger partial charge is 0.203 e. The molecule has 2 aromatic rings. The van der Waals surface area contributed by atoms with E-state index in [4.69, 9.17) is 23.7 Å². The molecule has 0 amide bonds. The molecule has 1 saturated heterocycles. The number of nitrogens with zero attached hydrogens (tertiary/aromatic N) is 2. The van der Waals surface area contributed by atoms with Crippen molar-refractivity contribution >= 4 is 5.57 Å². The van der Waals surface area contributed by atoms with Gasteiger partial charge in [0.2, 0.25) is 5.75 Å². The molecule has 0 saturated carbocycles. The second kappa shape index (κ2) is 10.2. The Balaban J connectivity index is 1.97. The highest BCUT2D eigenvalue weighted by Crippen LogP contribution is 2.52. The molecule has 7 heteroatoms. The number of ether oxygens (including phenoxy) is 5. The van der Waals surface area contributed by atoms with Crippen molar-refractivity contribution < 1.29 is 23.7 Å². The van der Waals surface area contributed by atoms with Gasteiger partial charge in [-0.25, -0.2) is 0 Å². The second-order valence-electron chi connectivity index (χ2n) is 8.50. The van der Waals surface area contributed by atoms with Crippen LogP contribution in [-0.4, -0.2) is 53.0 Å². The molecular weight excluding hydrogens is 432 g/mol. The van der Waals surface area contributed by atoms with Crippen LogP contribution in [0.15, 0.2) is 36.0 Å². The maximum Gasteiger partial charge on any atom is 0.203 e. The summed E-state index contributed by atoms with van der Waals surface area (Å²) >= 11 is 0. The fourth-order valence-electron chi connectivity index (χ4n) is 5.40. The first-order valence-corrected chi connectivity index (χ1v) is 11.5. The zero-order valence-electron chi connectivity index (χ0n) is 20.5. The van der Waals surface area contributed by atoms with Crippen LogP contribution in [0.1, 0.15) is 42.7 Å². The SMILES string of the molecule is COc1ccc(C2=C(C#N)N3CCCC[C@H]3C[C@H]2c2ccc(OC)c(OC)c2OC)cc1OC. The Kier molecular flexibility index (Phi) is 7.06. The van der Waals surface area contributed by atoms with E-state index in [1.165, 1.54) is 6.42 Å². The van der Waals surface area contributed by atoms with Crippen molar-refractivity contribution in [2.24, 2.45) is 0 Å². The molecule has 2 aliphatic rings. The van der Waals surface area contributed by atoms with Crippen molar-refractivity contribution in [3.05, 3.63) is 47.2 Å². The van der Waals surface area contributed by atoms with E-state index in [-0.39, 0.29) is 5.92 Å². The third-order valence-electron chi connectivity index (χ3n) is 6.94. The highest BCUT2D eigenvalue weighted by molar-refractivity contribution is 5.80. The second-order valence-corrected chi connectivity index (χ2v) is 8.50. The Labute approximate surface area is 201 Å². The number of nitriles is 1. The van der Waals surface area contributed by atoms with Gasteiger partial charge in [0, 0.05) is 29.6 Å². The molecule has 0 N–H and O–H groups in total. The van der Waals surface area contributed by atoms with E-state index in [1.807, 2.05) is 30.3 Å². The Morgan fingerprint density at radius 2 is 1.53 bits per heavy atom. The van der Waals surface area contributed by atoms with Gasteiger partial charge in [-0.1, -0.05) is 12.1 Å². The Morgan fingerprint density at radius 1 is 0.824 bits per heavy atom. The average molecular weight is 465 g/mol. The van der Waals surface area contributed by atoms with Crippen LogP contribution in [0.2, 0.25) is 0 Å². The lowest BCUT2D eigenvalue weighted by Gasteiger charge is -2.45. The van der Waals surface area contributed by atoms with Crippen LogP contribution in [0.25, 0.3) is 5.57 Å². The summed E-state index contributed by atoms with van der Waals surface area (Å²) in [5.41, 5.74) is 3.58. The third-order valence-corrected chi connectivity index (χ3v) is 6.94. The first kappa shape index (κ1) is 23.6. The predicted octanol–water partition coefficient (Wildman–Crippen LogP) is 5.01. The number of hydrogen-bond donors (Lipinski definition) is 0. The summed E-state index contributed by atoms with van der Waals surface area (Å²) in [6.07, 6.45) is 4.20. The van der Waals surface area contributed by atoms with Crippen molar-refractivity contribution in [3.8, 4) is 34.8 Å². The topological polar surface area (TPSA) is 73.2 Å². The molecule has 0 aliphatic carbocycles. The molecule has 0 aromatic heterocycles. The van der Waals surface area contributed by atoms with Gasteiger partial charge in [0.05, 0.1) is 35.5 Å². The Bertz CT molecular complexity index is 1120. The maximum absolute atomic E-state index is 10.4. The minimum Gasteiger partial charge on any atom is -0.493 e. The molecule has 2 aromatic carbocycles. The predicted molar refractivity (Wildman–Crippen MR) is 130 cm³/mol. The molecule has 7 nitrogen and oxygen atoms in total. The largest absolute Gasteiger partial charge is 0.493 e. The van der Waals surface area contributed by atoms with Gasteiger partial charge in [0.1, 0.15) is 11.8 Å². The summed E-state index contributed by atoms with van der Waals surface area (Å²) in [5, 5.41) is 10.4. The standard InChI is InChI=1S/C27H32N2O5/c1-30-22-11-9-17(14-24(22)32-3)25-20(15-18-8-6-7-13-29(18)21(25)16-28)19-10-12-23(31-2)27(34-5)26(19)33-4/h9-12,14,18,20H,6-8,13,15H2,1-5H3/t18-,20-/m0/s1. The Hall–Kier alpha value is -3.53.